The molecule has 1 heterocycles. The van der Waals surface area contributed by atoms with Gasteiger partial charge in [0.25, 0.3) is 0 Å². The topological polar surface area (TPSA) is 56.5 Å². The summed E-state index contributed by atoms with van der Waals surface area (Å²) in [6.07, 6.45) is 3.21. The first kappa shape index (κ1) is 11.7. The van der Waals surface area contributed by atoms with Gasteiger partial charge in [-0.15, -0.1) is 0 Å². The average molecular weight is 248 g/mol. The van der Waals surface area contributed by atoms with Crippen LogP contribution in [0.3, 0.4) is 0 Å². The second-order valence-corrected chi connectivity index (χ2v) is 5.19. The Balaban J connectivity index is 1.60. The number of ether oxygens (including phenoxy) is 2. The van der Waals surface area contributed by atoms with Gasteiger partial charge in [-0.2, -0.15) is 0 Å². The second kappa shape index (κ2) is 5.06. The standard InChI is InChI=1S/C14H20N2O2/c15-11-6-10(7-11)9-16-12-2-3-13-14(8-12)18-5-1-4-17-13/h2-3,8,10-11,16H,1,4-7,9,15H2. The zero-order chi connectivity index (χ0) is 12.4. The molecule has 1 aliphatic heterocycles. The van der Waals surface area contributed by atoms with Gasteiger partial charge in [0.15, 0.2) is 11.5 Å². The summed E-state index contributed by atoms with van der Waals surface area (Å²) in [5.74, 6) is 2.42. The van der Waals surface area contributed by atoms with Crippen LogP contribution >= 0.6 is 0 Å². The number of anilines is 1. The third kappa shape index (κ3) is 2.53. The normalized spacial score (nSPS) is 26.1. The van der Waals surface area contributed by atoms with Crippen molar-refractivity contribution in [2.75, 3.05) is 25.1 Å². The molecule has 0 atom stereocenters. The van der Waals surface area contributed by atoms with E-state index in [4.69, 9.17) is 15.2 Å². The van der Waals surface area contributed by atoms with E-state index in [0.29, 0.717) is 6.04 Å². The van der Waals surface area contributed by atoms with E-state index in [1.54, 1.807) is 0 Å². The van der Waals surface area contributed by atoms with Crippen LogP contribution in [-0.4, -0.2) is 25.8 Å². The summed E-state index contributed by atoms with van der Waals surface area (Å²) in [7, 11) is 0. The zero-order valence-corrected chi connectivity index (χ0v) is 10.5. The molecule has 1 saturated carbocycles. The Hall–Kier alpha value is -1.42. The molecular formula is C14H20N2O2. The highest BCUT2D eigenvalue weighted by atomic mass is 16.5. The van der Waals surface area contributed by atoms with Crippen LogP contribution in [0.5, 0.6) is 11.5 Å². The number of nitrogens with one attached hydrogen (secondary N) is 1. The smallest absolute Gasteiger partial charge is 0.163 e. The Bertz CT molecular complexity index is 416. The van der Waals surface area contributed by atoms with Crippen LogP contribution < -0.4 is 20.5 Å². The van der Waals surface area contributed by atoms with Crippen molar-refractivity contribution in [2.24, 2.45) is 11.7 Å². The van der Waals surface area contributed by atoms with Gasteiger partial charge >= 0.3 is 0 Å². The largest absolute Gasteiger partial charge is 0.490 e. The lowest BCUT2D eigenvalue weighted by molar-refractivity contribution is 0.280. The van der Waals surface area contributed by atoms with Gasteiger partial charge in [-0.3, -0.25) is 0 Å². The second-order valence-electron chi connectivity index (χ2n) is 5.19. The van der Waals surface area contributed by atoms with Crippen LogP contribution in [0.2, 0.25) is 0 Å². The summed E-state index contributed by atoms with van der Waals surface area (Å²) in [6, 6.07) is 6.47. The molecule has 4 heteroatoms. The molecule has 0 spiro atoms. The maximum absolute atomic E-state index is 5.78. The Morgan fingerprint density at radius 2 is 1.94 bits per heavy atom. The molecule has 0 amide bonds. The fourth-order valence-corrected chi connectivity index (χ4v) is 2.49. The highest BCUT2D eigenvalue weighted by Crippen LogP contribution is 2.33. The molecule has 0 aromatic heterocycles. The molecule has 0 bridgehead atoms. The monoisotopic (exact) mass is 248 g/mol. The van der Waals surface area contributed by atoms with E-state index >= 15 is 0 Å². The van der Waals surface area contributed by atoms with E-state index < -0.39 is 0 Å². The highest BCUT2D eigenvalue weighted by molar-refractivity contribution is 5.55. The van der Waals surface area contributed by atoms with Gasteiger partial charge in [-0.25, -0.2) is 0 Å². The van der Waals surface area contributed by atoms with Crippen molar-refractivity contribution in [1.29, 1.82) is 0 Å². The van der Waals surface area contributed by atoms with E-state index in [0.717, 1.165) is 62.1 Å². The quantitative estimate of drug-likeness (QED) is 0.859. The van der Waals surface area contributed by atoms with Gasteiger partial charge in [-0.1, -0.05) is 0 Å². The van der Waals surface area contributed by atoms with Crippen LogP contribution in [0.4, 0.5) is 5.69 Å². The molecule has 18 heavy (non-hydrogen) atoms. The minimum absolute atomic E-state index is 0.417. The minimum Gasteiger partial charge on any atom is -0.490 e. The predicted molar refractivity (Wildman–Crippen MR) is 71.2 cm³/mol. The van der Waals surface area contributed by atoms with Gasteiger partial charge in [0.1, 0.15) is 0 Å². The van der Waals surface area contributed by atoms with E-state index in [1.165, 1.54) is 0 Å². The molecule has 3 N–H and O–H groups in total. The molecule has 0 saturated heterocycles. The minimum atomic E-state index is 0.417. The Labute approximate surface area is 107 Å². The van der Waals surface area contributed by atoms with Crippen molar-refractivity contribution in [3.63, 3.8) is 0 Å². The summed E-state index contributed by atoms with van der Waals surface area (Å²) in [5.41, 5.74) is 6.88. The fourth-order valence-electron chi connectivity index (χ4n) is 2.49. The van der Waals surface area contributed by atoms with Crippen molar-refractivity contribution >= 4 is 5.69 Å². The van der Waals surface area contributed by atoms with Crippen LogP contribution in [-0.2, 0) is 0 Å². The van der Waals surface area contributed by atoms with Gasteiger partial charge in [0, 0.05) is 30.8 Å². The highest BCUT2D eigenvalue weighted by Gasteiger charge is 2.25. The first-order valence-electron chi connectivity index (χ1n) is 6.70. The van der Waals surface area contributed by atoms with Crippen molar-refractivity contribution in [1.82, 2.24) is 0 Å². The van der Waals surface area contributed by atoms with E-state index in [2.05, 4.69) is 5.32 Å². The first-order chi connectivity index (χ1) is 8.81. The van der Waals surface area contributed by atoms with Crippen molar-refractivity contribution in [2.45, 2.75) is 25.3 Å². The molecule has 0 unspecified atom stereocenters. The predicted octanol–water partition coefficient (Wildman–Crippen LogP) is 2.00. The Morgan fingerprint density at radius 1 is 1.17 bits per heavy atom. The van der Waals surface area contributed by atoms with Gasteiger partial charge in [0.05, 0.1) is 13.2 Å². The van der Waals surface area contributed by atoms with Crippen molar-refractivity contribution in [3.8, 4) is 11.5 Å². The van der Waals surface area contributed by atoms with Crippen molar-refractivity contribution < 1.29 is 9.47 Å². The first-order valence-corrected chi connectivity index (χ1v) is 6.70. The lowest BCUT2D eigenvalue weighted by Crippen LogP contribution is -2.39. The number of nitrogens with two attached hydrogens (primary N) is 1. The zero-order valence-electron chi connectivity index (χ0n) is 10.5. The van der Waals surface area contributed by atoms with Crippen LogP contribution in [0, 0.1) is 5.92 Å². The number of fused-ring (bicyclic) bond motifs is 1. The number of hydrogen-bond donors (Lipinski definition) is 2. The van der Waals surface area contributed by atoms with Gasteiger partial charge < -0.3 is 20.5 Å². The average Bonchev–Trinajstić information content (AvgIpc) is 2.57. The van der Waals surface area contributed by atoms with Crippen LogP contribution in [0.25, 0.3) is 0 Å². The molecule has 1 aliphatic carbocycles. The van der Waals surface area contributed by atoms with Crippen molar-refractivity contribution in [3.05, 3.63) is 18.2 Å². The lowest BCUT2D eigenvalue weighted by atomic mass is 9.81. The maximum atomic E-state index is 5.78. The van der Waals surface area contributed by atoms with E-state index in [9.17, 15) is 0 Å². The summed E-state index contributed by atoms with van der Waals surface area (Å²) in [6.45, 7) is 2.46. The van der Waals surface area contributed by atoms with Crippen LogP contribution in [0.1, 0.15) is 19.3 Å². The molecule has 2 aliphatic rings. The fraction of sp³-hybridized carbons (Fsp3) is 0.571. The van der Waals surface area contributed by atoms with E-state index in [1.807, 2.05) is 18.2 Å². The molecule has 0 radical (unpaired) electrons. The Kier molecular flexibility index (Phi) is 3.28. The molecule has 1 aromatic rings. The van der Waals surface area contributed by atoms with Gasteiger partial charge in [0.2, 0.25) is 0 Å². The summed E-state index contributed by atoms with van der Waals surface area (Å²) in [5, 5.41) is 3.45. The third-order valence-electron chi connectivity index (χ3n) is 3.61. The summed E-state index contributed by atoms with van der Waals surface area (Å²) in [4.78, 5) is 0. The summed E-state index contributed by atoms with van der Waals surface area (Å²) < 4.78 is 11.3. The molecule has 4 nitrogen and oxygen atoms in total. The van der Waals surface area contributed by atoms with E-state index in [-0.39, 0.29) is 0 Å². The number of hydrogen-bond acceptors (Lipinski definition) is 4. The SMILES string of the molecule is NC1CC(CNc2ccc3c(c2)OCCCO3)C1. The van der Waals surface area contributed by atoms with Gasteiger partial charge in [-0.05, 0) is 30.9 Å². The number of benzene rings is 1. The lowest BCUT2D eigenvalue weighted by Gasteiger charge is -2.32. The molecule has 1 fully saturated rings. The maximum Gasteiger partial charge on any atom is 0.163 e. The Morgan fingerprint density at radius 3 is 2.72 bits per heavy atom. The third-order valence-corrected chi connectivity index (χ3v) is 3.61. The van der Waals surface area contributed by atoms with Crippen LogP contribution in [0.15, 0.2) is 18.2 Å². The molecule has 98 valence electrons. The molecule has 3 rings (SSSR count). The summed E-state index contributed by atoms with van der Waals surface area (Å²) >= 11 is 0. The number of rotatable bonds is 3. The molecular weight excluding hydrogens is 228 g/mol. The molecule has 1 aromatic carbocycles.